The third kappa shape index (κ3) is 3.54. The predicted molar refractivity (Wildman–Crippen MR) is 79.9 cm³/mol. The van der Waals surface area contributed by atoms with Crippen LogP contribution >= 0.6 is 0 Å². The van der Waals surface area contributed by atoms with Crippen molar-refractivity contribution in [2.24, 2.45) is 0 Å². The van der Waals surface area contributed by atoms with Crippen molar-refractivity contribution in [2.45, 2.75) is 44.5 Å². The summed E-state index contributed by atoms with van der Waals surface area (Å²) in [6.07, 6.45) is 2.22. The van der Waals surface area contributed by atoms with Crippen molar-refractivity contribution in [1.29, 1.82) is 0 Å². The van der Waals surface area contributed by atoms with Gasteiger partial charge in [-0.25, -0.2) is 4.39 Å². The molecule has 21 heavy (non-hydrogen) atoms. The minimum absolute atomic E-state index is 0.0335. The first-order valence-corrected chi connectivity index (χ1v) is 7.68. The summed E-state index contributed by atoms with van der Waals surface area (Å²) in [6, 6.07) is 6.16. The van der Waals surface area contributed by atoms with Gasteiger partial charge < -0.3 is 20.1 Å². The van der Waals surface area contributed by atoms with Crippen LogP contribution in [0.1, 0.15) is 25.3 Å². The molecule has 3 rings (SSSR count). The topological polar surface area (TPSA) is 44.7 Å². The van der Waals surface area contributed by atoms with Gasteiger partial charge in [-0.3, -0.25) is 0 Å². The summed E-state index contributed by atoms with van der Waals surface area (Å²) < 4.78 is 19.9. The van der Waals surface area contributed by atoms with Gasteiger partial charge in [0.2, 0.25) is 0 Å². The van der Waals surface area contributed by atoms with Gasteiger partial charge in [-0.1, -0.05) is 6.07 Å². The quantitative estimate of drug-likeness (QED) is 0.867. The van der Waals surface area contributed by atoms with E-state index in [9.17, 15) is 9.50 Å². The van der Waals surface area contributed by atoms with E-state index in [2.05, 4.69) is 5.32 Å². The van der Waals surface area contributed by atoms with Crippen molar-refractivity contribution in [3.63, 3.8) is 0 Å². The van der Waals surface area contributed by atoms with Crippen molar-refractivity contribution >= 4 is 5.69 Å². The molecule has 1 aliphatic heterocycles. The summed E-state index contributed by atoms with van der Waals surface area (Å²) in [7, 11) is 0. The molecule has 1 saturated carbocycles. The maximum Gasteiger partial charge on any atom is 0.146 e. The number of hydrogen-bond donors (Lipinski definition) is 2. The van der Waals surface area contributed by atoms with E-state index in [0.29, 0.717) is 24.9 Å². The van der Waals surface area contributed by atoms with E-state index in [4.69, 9.17) is 4.74 Å². The summed E-state index contributed by atoms with van der Waals surface area (Å²) in [4.78, 5) is 1.98. The Morgan fingerprint density at radius 1 is 1.43 bits per heavy atom. The van der Waals surface area contributed by atoms with Crippen molar-refractivity contribution in [1.82, 2.24) is 5.32 Å². The molecular formula is C16H23FN2O2. The molecule has 0 spiro atoms. The monoisotopic (exact) mass is 294 g/mol. The molecule has 2 atom stereocenters. The first kappa shape index (κ1) is 14.8. The fourth-order valence-corrected chi connectivity index (χ4v) is 2.71. The number of aliphatic hydroxyl groups is 1. The van der Waals surface area contributed by atoms with Crippen LogP contribution in [0.3, 0.4) is 0 Å². The fraction of sp³-hybridized carbons (Fsp3) is 0.625. The van der Waals surface area contributed by atoms with Crippen LogP contribution in [0, 0.1) is 5.82 Å². The van der Waals surface area contributed by atoms with Gasteiger partial charge in [0.15, 0.2) is 0 Å². The smallest absolute Gasteiger partial charge is 0.146 e. The molecule has 2 fully saturated rings. The Morgan fingerprint density at radius 2 is 2.24 bits per heavy atom. The van der Waals surface area contributed by atoms with Crippen LogP contribution in [-0.4, -0.2) is 43.1 Å². The Labute approximate surface area is 124 Å². The fourth-order valence-electron chi connectivity index (χ4n) is 2.71. The lowest BCUT2D eigenvalue weighted by atomic mass is 10.1. The Balaban J connectivity index is 1.71. The van der Waals surface area contributed by atoms with Crippen LogP contribution < -0.4 is 10.2 Å². The maximum atomic E-state index is 14.4. The second-order valence-electron chi connectivity index (χ2n) is 6.08. The zero-order chi connectivity index (χ0) is 14.8. The number of ether oxygens (including phenoxy) is 1. The summed E-state index contributed by atoms with van der Waals surface area (Å²) in [6.45, 7) is 3.73. The second-order valence-corrected chi connectivity index (χ2v) is 6.08. The van der Waals surface area contributed by atoms with Crippen LogP contribution in [0.2, 0.25) is 0 Å². The highest BCUT2D eigenvalue weighted by molar-refractivity contribution is 5.50. The number of nitrogens with one attached hydrogen (secondary N) is 1. The number of nitrogens with zero attached hydrogens (tertiary/aromatic N) is 1. The Hall–Kier alpha value is -1.17. The summed E-state index contributed by atoms with van der Waals surface area (Å²) >= 11 is 0. The van der Waals surface area contributed by atoms with Crippen LogP contribution in [0.5, 0.6) is 0 Å². The predicted octanol–water partition coefficient (Wildman–Crippen LogP) is 1.66. The molecule has 2 N–H and O–H groups in total. The van der Waals surface area contributed by atoms with Gasteiger partial charge in [-0.2, -0.15) is 0 Å². The normalized spacial score (nSPS) is 26.1. The van der Waals surface area contributed by atoms with Crippen molar-refractivity contribution < 1.29 is 14.2 Å². The van der Waals surface area contributed by atoms with Crippen LogP contribution in [-0.2, 0) is 11.3 Å². The number of benzene rings is 1. The Kier molecular flexibility index (Phi) is 4.42. The molecule has 0 aromatic heterocycles. The third-order valence-electron chi connectivity index (χ3n) is 4.20. The Morgan fingerprint density at radius 3 is 2.90 bits per heavy atom. The van der Waals surface area contributed by atoms with Gasteiger partial charge in [0, 0.05) is 25.2 Å². The van der Waals surface area contributed by atoms with Crippen LogP contribution in [0.15, 0.2) is 18.2 Å². The second kappa shape index (κ2) is 6.30. The first-order valence-electron chi connectivity index (χ1n) is 7.68. The number of hydrogen-bond acceptors (Lipinski definition) is 4. The highest BCUT2D eigenvalue weighted by atomic mass is 19.1. The lowest BCUT2D eigenvalue weighted by molar-refractivity contribution is -0.0105. The molecule has 4 nitrogen and oxygen atoms in total. The average Bonchev–Trinajstić information content (AvgIpc) is 3.30. The number of anilines is 1. The molecule has 1 aliphatic carbocycles. The highest BCUT2D eigenvalue weighted by Gasteiger charge is 2.27. The van der Waals surface area contributed by atoms with Gasteiger partial charge in [0.05, 0.1) is 25.0 Å². The molecule has 0 radical (unpaired) electrons. The number of halogens is 1. The van der Waals surface area contributed by atoms with Gasteiger partial charge in [-0.05, 0) is 37.5 Å². The lowest BCUT2D eigenvalue weighted by Gasteiger charge is -2.39. The number of morpholine rings is 1. The third-order valence-corrected chi connectivity index (χ3v) is 4.20. The van der Waals surface area contributed by atoms with E-state index in [1.807, 2.05) is 24.0 Å². The molecule has 116 valence electrons. The van der Waals surface area contributed by atoms with Crippen molar-refractivity contribution in [3.8, 4) is 0 Å². The first-order chi connectivity index (χ1) is 10.2. The van der Waals surface area contributed by atoms with Crippen LogP contribution in [0.25, 0.3) is 0 Å². The van der Waals surface area contributed by atoms with Crippen LogP contribution in [0.4, 0.5) is 10.1 Å². The van der Waals surface area contributed by atoms with Crippen molar-refractivity contribution in [2.75, 3.05) is 24.7 Å². The highest BCUT2D eigenvalue weighted by Crippen LogP contribution is 2.26. The minimum atomic E-state index is -0.239. The molecule has 2 unspecified atom stereocenters. The van der Waals surface area contributed by atoms with Crippen molar-refractivity contribution in [3.05, 3.63) is 29.6 Å². The standard InChI is InChI=1S/C16H23FN2O2/c1-11-10-21-14(9-20)8-19(11)16-5-2-12(6-15(16)17)7-18-13-3-4-13/h2,5-6,11,13-14,18,20H,3-4,7-10H2,1H3. The molecule has 5 heteroatoms. The molecule has 0 amide bonds. The average molecular weight is 294 g/mol. The van der Waals surface area contributed by atoms with Gasteiger partial charge in [-0.15, -0.1) is 0 Å². The zero-order valence-electron chi connectivity index (χ0n) is 12.4. The van der Waals surface area contributed by atoms with E-state index in [-0.39, 0.29) is 24.6 Å². The largest absolute Gasteiger partial charge is 0.394 e. The summed E-state index contributed by atoms with van der Waals surface area (Å²) in [5.74, 6) is -0.199. The summed E-state index contributed by atoms with van der Waals surface area (Å²) in [5, 5.41) is 12.6. The molecular weight excluding hydrogens is 271 g/mol. The molecule has 2 aliphatic rings. The molecule has 1 aromatic rings. The number of aliphatic hydroxyl groups excluding tert-OH is 1. The SMILES string of the molecule is CC1COC(CO)CN1c1ccc(CNC2CC2)cc1F. The number of rotatable bonds is 5. The molecule has 1 aromatic carbocycles. The van der Waals surface area contributed by atoms with Gasteiger partial charge >= 0.3 is 0 Å². The molecule has 1 heterocycles. The minimum Gasteiger partial charge on any atom is -0.394 e. The Bertz CT molecular complexity index is 493. The summed E-state index contributed by atoms with van der Waals surface area (Å²) in [5.41, 5.74) is 1.57. The van der Waals surface area contributed by atoms with Gasteiger partial charge in [0.1, 0.15) is 5.82 Å². The van der Waals surface area contributed by atoms with E-state index in [0.717, 1.165) is 12.1 Å². The van der Waals surface area contributed by atoms with E-state index >= 15 is 0 Å². The van der Waals surface area contributed by atoms with E-state index in [1.165, 1.54) is 12.8 Å². The van der Waals surface area contributed by atoms with E-state index < -0.39 is 0 Å². The van der Waals surface area contributed by atoms with E-state index in [1.54, 1.807) is 6.07 Å². The lowest BCUT2D eigenvalue weighted by Crippen LogP contribution is -2.50. The molecule has 0 bridgehead atoms. The van der Waals surface area contributed by atoms with Gasteiger partial charge in [0.25, 0.3) is 0 Å². The molecule has 1 saturated heterocycles. The maximum absolute atomic E-state index is 14.4. The zero-order valence-corrected chi connectivity index (χ0v) is 12.4.